The molecule has 6 rings (SSSR count). The number of methoxy groups -OCH3 is 3. The summed E-state index contributed by atoms with van der Waals surface area (Å²) in [4.78, 5) is 0.231. The van der Waals surface area contributed by atoms with E-state index in [4.69, 9.17) is 19.3 Å². The molecule has 5 aromatic rings. The number of rotatable bonds is 8. The number of benzene rings is 4. The largest absolute Gasteiger partial charge is 0.493 e. The molecule has 8 nitrogen and oxygen atoms in total. The first-order chi connectivity index (χ1) is 20.3. The van der Waals surface area contributed by atoms with Crippen molar-refractivity contribution >= 4 is 32.3 Å². The first-order valence-corrected chi connectivity index (χ1v) is 14.9. The molecule has 1 unspecified atom stereocenters. The molecule has 1 aromatic heterocycles. The number of hydrazone groups is 1. The lowest BCUT2D eigenvalue weighted by atomic mass is 9.97. The van der Waals surface area contributed by atoms with Crippen LogP contribution in [-0.4, -0.2) is 39.4 Å². The van der Waals surface area contributed by atoms with E-state index in [9.17, 15) is 8.42 Å². The van der Waals surface area contributed by atoms with Crippen molar-refractivity contribution in [2.45, 2.75) is 24.3 Å². The minimum Gasteiger partial charge on any atom is -0.493 e. The SMILES string of the molecule is COc1cc(C2CC(c3cn(S(=O)(=O)c4ccc(C)cc4)c4ccccc34)=NN2c2ccccc2)cc(OC)c1OC. The predicted molar refractivity (Wildman–Crippen MR) is 165 cm³/mol. The highest BCUT2D eigenvalue weighted by atomic mass is 32.2. The summed E-state index contributed by atoms with van der Waals surface area (Å²) in [6, 6.07) is 28.0. The summed E-state index contributed by atoms with van der Waals surface area (Å²) in [6.07, 6.45) is 2.21. The highest BCUT2D eigenvalue weighted by Crippen LogP contribution is 2.45. The third-order valence-corrected chi connectivity index (χ3v) is 9.26. The summed E-state index contributed by atoms with van der Waals surface area (Å²) >= 11 is 0. The number of ether oxygens (including phenoxy) is 3. The molecule has 9 heteroatoms. The van der Waals surface area contributed by atoms with Gasteiger partial charge in [0.1, 0.15) is 0 Å². The van der Waals surface area contributed by atoms with Gasteiger partial charge >= 0.3 is 0 Å². The molecule has 1 aliphatic rings. The van der Waals surface area contributed by atoms with Gasteiger partial charge < -0.3 is 14.2 Å². The number of anilines is 1. The second-order valence-corrected chi connectivity index (χ2v) is 11.9. The summed E-state index contributed by atoms with van der Waals surface area (Å²) in [7, 11) is 0.916. The van der Waals surface area contributed by atoms with Crippen molar-refractivity contribution in [1.29, 1.82) is 0 Å². The smallest absolute Gasteiger partial charge is 0.268 e. The number of aryl methyl sites for hydroxylation is 1. The number of hydrogen-bond acceptors (Lipinski definition) is 7. The Hall–Kier alpha value is -4.76. The van der Waals surface area contributed by atoms with Gasteiger partial charge in [-0.25, -0.2) is 12.4 Å². The molecule has 0 fully saturated rings. The molecule has 0 aliphatic carbocycles. The lowest BCUT2D eigenvalue weighted by Gasteiger charge is -2.25. The number of fused-ring (bicyclic) bond motifs is 1. The van der Waals surface area contributed by atoms with Crippen LogP contribution in [0.2, 0.25) is 0 Å². The molecule has 2 heterocycles. The first-order valence-electron chi connectivity index (χ1n) is 13.5. The third-order valence-electron chi connectivity index (χ3n) is 7.57. The highest BCUT2D eigenvalue weighted by Gasteiger charge is 2.34. The lowest BCUT2D eigenvalue weighted by Crippen LogP contribution is -2.18. The topological polar surface area (TPSA) is 82.4 Å². The van der Waals surface area contributed by atoms with E-state index in [1.807, 2.05) is 78.7 Å². The molecule has 1 aliphatic heterocycles. The second kappa shape index (κ2) is 10.9. The maximum atomic E-state index is 13.8. The number of hydrogen-bond donors (Lipinski definition) is 0. The van der Waals surface area contributed by atoms with Crippen molar-refractivity contribution in [2.24, 2.45) is 5.10 Å². The minimum atomic E-state index is -3.85. The molecule has 0 spiro atoms. The molecule has 0 saturated carbocycles. The lowest BCUT2D eigenvalue weighted by molar-refractivity contribution is 0.323. The van der Waals surface area contributed by atoms with Gasteiger partial charge in [0, 0.05) is 23.6 Å². The van der Waals surface area contributed by atoms with Crippen LogP contribution in [0.4, 0.5) is 5.69 Å². The van der Waals surface area contributed by atoms with Gasteiger partial charge in [-0.2, -0.15) is 5.10 Å². The summed E-state index contributed by atoms with van der Waals surface area (Å²) < 4.78 is 45.9. The molecule has 0 amide bonds. The predicted octanol–water partition coefficient (Wildman–Crippen LogP) is 6.57. The van der Waals surface area contributed by atoms with Crippen LogP contribution in [0, 0.1) is 6.92 Å². The average molecular weight is 582 g/mol. The van der Waals surface area contributed by atoms with Gasteiger partial charge in [-0.15, -0.1) is 0 Å². The Kier molecular flexibility index (Phi) is 7.12. The molecule has 42 heavy (non-hydrogen) atoms. The molecular weight excluding hydrogens is 550 g/mol. The molecule has 0 N–H and O–H groups in total. The van der Waals surface area contributed by atoms with Crippen LogP contribution in [0.5, 0.6) is 17.2 Å². The molecule has 0 radical (unpaired) electrons. The number of nitrogens with zero attached hydrogens (tertiary/aromatic N) is 3. The Balaban J connectivity index is 1.50. The van der Waals surface area contributed by atoms with Crippen molar-refractivity contribution in [2.75, 3.05) is 26.3 Å². The van der Waals surface area contributed by atoms with Gasteiger partial charge in [-0.05, 0) is 55.0 Å². The number of aromatic nitrogens is 1. The van der Waals surface area contributed by atoms with Gasteiger partial charge in [-0.1, -0.05) is 54.1 Å². The molecule has 0 bridgehead atoms. The highest BCUT2D eigenvalue weighted by molar-refractivity contribution is 7.90. The molecular formula is C33H31N3O5S. The molecule has 214 valence electrons. The van der Waals surface area contributed by atoms with E-state index < -0.39 is 10.0 Å². The van der Waals surface area contributed by atoms with Crippen molar-refractivity contribution in [3.8, 4) is 17.2 Å². The minimum absolute atomic E-state index is 0.216. The molecule has 4 aromatic carbocycles. The third kappa shape index (κ3) is 4.65. The summed E-state index contributed by atoms with van der Waals surface area (Å²) in [5.74, 6) is 1.61. The van der Waals surface area contributed by atoms with Crippen molar-refractivity contribution in [1.82, 2.24) is 3.97 Å². The van der Waals surface area contributed by atoms with E-state index in [1.165, 1.54) is 3.97 Å². The van der Waals surface area contributed by atoms with E-state index in [1.54, 1.807) is 51.8 Å². The van der Waals surface area contributed by atoms with Crippen molar-refractivity contribution in [3.63, 3.8) is 0 Å². The monoisotopic (exact) mass is 581 g/mol. The van der Waals surface area contributed by atoms with Gasteiger partial charge in [0.15, 0.2) is 11.5 Å². The van der Waals surface area contributed by atoms with E-state index >= 15 is 0 Å². The van der Waals surface area contributed by atoms with Crippen molar-refractivity contribution < 1.29 is 22.6 Å². The maximum absolute atomic E-state index is 13.8. The summed E-state index contributed by atoms with van der Waals surface area (Å²) in [6.45, 7) is 1.93. The average Bonchev–Trinajstić information content (AvgIpc) is 3.64. The molecule has 0 saturated heterocycles. The Bertz CT molecular complexity index is 1870. The quantitative estimate of drug-likeness (QED) is 0.206. The zero-order valence-corrected chi connectivity index (χ0v) is 24.6. The maximum Gasteiger partial charge on any atom is 0.268 e. The van der Waals surface area contributed by atoms with E-state index in [2.05, 4.69) is 0 Å². The Morgan fingerprint density at radius 2 is 1.45 bits per heavy atom. The van der Waals surface area contributed by atoms with Crippen LogP contribution < -0.4 is 19.2 Å². The van der Waals surface area contributed by atoms with Crippen LogP contribution >= 0.6 is 0 Å². The van der Waals surface area contributed by atoms with Crippen molar-refractivity contribution in [3.05, 3.63) is 114 Å². The van der Waals surface area contributed by atoms with Gasteiger partial charge in [0.25, 0.3) is 10.0 Å². The Labute approximate surface area is 245 Å². The van der Waals surface area contributed by atoms with Crippen LogP contribution in [0.25, 0.3) is 10.9 Å². The van der Waals surface area contributed by atoms with E-state index in [0.29, 0.717) is 29.2 Å². The fraction of sp³-hybridized carbons (Fsp3) is 0.182. The fourth-order valence-electron chi connectivity index (χ4n) is 5.45. The van der Waals surface area contributed by atoms with E-state index in [-0.39, 0.29) is 10.9 Å². The van der Waals surface area contributed by atoms with Gasteiger partial charge in [-0.3, -0.25) is 5.01 Å². The standard InChI is InChI=1S/C33H31N3O5S/c1-22-14-16-25(17-15-22)42(37,38)35-21-27(26-12-8-9-13-29(26)35)28-20-30(36(34-28)24-10-6-5-7-11-24)23-18-31(39-2)33(41-4)32(19-23)40-3/h5-19,21,30H,20H2,1-4H3. The summed E-state index contributed by atoms with van der Waals surface area (Å²) in [5.41, 5.74) is 4.94. The van der Waals surface area contributed by atoms with Crippen LogP contribution in [0.1, 0.15) is 29.2 Å². The Morgan fingerprint density at radius 3 is 2.10 bits per heavy atom. The first kappa shape index (κ1) is 27.4. The Morgan fingerprint density at radius 1 is 0.810 bits per heavy atom. The fourth-order valence-corrected chi connectivity index (χ4v) is 6.82. The van der Waals surface area contributed by atoms with Crippen LogP contribution in [0.3, 0.4) is 0 Å². The van der Waals surface area contributed by atoms with Crippen LogP contribution in [0.15, 0.2) is 107 Å². The summed E-state index contributed by atoms with van der Waals surface area (Å²) in [5, 5.41) is 7.88. The zero-order valence-electron chi connectivity index (χ0n) is 23.8. The zero-order chi connectivity index (χ0) is 29.4. The molecule has 1 atom stereocenters. The van der Waals surface area contributed by atoms with Gasteiger partial charge in [0.2, 0.25) is 5.75 Å². The van der Waals surface area contributed by atoms with E-state index in [0.717, 1.165) is 33.5 Å². The number of para-hydroxylation sites is 2. The van der Waals surface area contributed by atoms with Crippen LogP contribution in [-0.2, 0) is 10.0 Å². The van der Waals surface area contributed by atoms with Gasteiger partial charge in [0.05, 0.1) is 49.2 Å². The normalized spacial score (nSPS) is 15.1. The second-order valence-electron chi connectivity index (χ2n) is 10.1.